The van der Waals surface area contributed by atoms with Crippen molar-refractivity contribution in [3.05, 3.63) is 33.9 Å². The van der Waals surface area contributed by atoms with Crippen molar-refractivity contribution in [2.45, 2.75) is 65.2 Å². The van der Waals surface area contributed by atoms with E-state index in [1.165, 1.54) is 0 Å². The van der Waals surface area contributed by atoms with Gasteiger partial charge < -0.3 is 9.15 Å². The molecule has 0 saturated carbocycles. The van der Waals surface area contributed by atoms with Crippen LogP contribution in [0.15, 0.2) is 16.0 Å². The second-order valence-corrected chi connectivity index (χ2v) is 8.63. The van der Waals surface area contributed by atoms with Crippen LogP contribution in [0.2, 0.25) is 0 Å². The van der Waals surface area contributed by atoms with Crippen LogP contribution in [0.5, 0.6) is 0 Å². The lowest BCUT2D eigenvalue weighted by molar-refractivity contribution is 0.0409. The summed E-state index contributed by atoms with van der Waals surface area (Å²) in [6.07, 6.45) is 3.16. The molecule has 1 aliphatic rings. The van der Waals surface area contributed by atoms with E-state index in [2.05, 4.69) is 47.9 Å². The second kappa shape index (κ2) is 6.94. The minimum Gasteiger partial charge on any atom is -0.443 e. The zero-order valence-electron chi connectivity index (χ0n) is 15.2. The predicted molar refractivity (Wildman–Crippen MR) is 95.2 cm³/mol. The first-order valence-electron chi connectivity index (χ1n) is 8.56. The number of aromatic nitrogens is 2. The number of oxazole rings is 1. The zero-order valence-corrected chi connectivity index (χ0v) is 16.0. The van der Waals surface area contributed by atoms with Gasteiger partial charge in [-0.05, 0) is 20.3 Å². The van der Waals surface area contributed by atoms with Gasteiger partial charge in [-0.25, -0.2) is 9.97 Å². The minimum absolute atomic E-state index is 0.00666. The van der Waals surface area contributed by atoms with E-state index in [-0.39, 0.29) is 17.6 Å². The fourth-order valence-corrected chi connectivity index (χ4v) is 3.50. The summed E-state index contributed by atoms with van der Waals surface area (Å²) in [7, 11) is 0. The fraction of sp³-hybridized carbons (Fsp3) is 0.667. The molecule has 0 spiro atoms. The van der Waals surface area contributed by atoms with Crippen molar-refractivity contribution in [2.24, 2.45) is 0 Å². The Kier molecular flexibility index (Phi) is 5.08. The number of thiazole rings is 1. The fourth-order valence-electron chi connectivity index (χ4n) is 2.90. The Morgan fingerprint density at radius 3 is 2.88 bits per heavy atom. The van der Waals surface area contributed by atoms with E-state index in [0.717, 1.165) is 41.9 Å². The van der Waals surface area contributed by atoms with Crippen LogP contribution in [0, 0.1) is 6.92 Å². The summed E-state index contributed by atoms with van der Waals surface area (Å²) >= 11 is 1.67. The van der Waals surface area contributed by atoms with Crippen molar-refractivity contribution in [2.75, 3.05) is 13.1 Å². The summed E-state index contributed by atoms with van der Waals surface area (Å²) in [5, 5.41) is 3.17. The van der Waals surface area contributed by atoms with Gasteiger partial charge in [0.25, 0.3) is 0 Å². The first-order valence-corrected chi connectivity index (χ1v) is 9.44. The molecule has 0 radical (unpaired) electrons. The Bertz CT molecular complexity index is 674. The topological polar surface area (TPSA) is 51.4 Å². The lowest BCUT2D eigenvalue weighted by Crippen LogP contribution is -2.26. The third kappa shape index (κ3) is 4.05. The molecule has 3 rings (SSSR count). The number of hydrogen-bond donors (Lipinski definition) is 0. The molecule has 6 heteroatoms. The third-order valence-electron chi connectivity index (χ3n) is 4.48. The van der Waals surface area contributed by atoms with E-state index in [1.54, 1.807) is 11.3 Å². The van der Waals surface area contributed by atoms with Crippen LogP contribution in [0.1, 0.15) is 62.5 Å². The molecule has 5 nitrogen and oxygen atoms in total. The highest BCUT2D eigenvalue weighted by atomic mass is 32.1. The maximum atomic E-state index is 6.03. The number of likely N-dealkylation sites (tertiary alicyclic amines) is 1. The van der Waals surface area contributed by atoms with E-state index < -0.39 is 0 Å². The lowest BCUT2D eigenvalue weighted by atomic mass is 9.94. The van der Waals surface area contributed by atoms with Crippen molar-refractivity contribution in [1.82, 2.24) is 14.9 Å². The van der Waals surface area contributed by atoms with Gasteiger partial charge in [-0.1, -0.05) is 20.8 Å². The average molecular weight is 350 g/mol. The molecule has 1 fully saturated rings. The normalized spacial score (nSPS) is 20.6. The van der Waals surface area contributed by atoms with E-state index >= 15 is 0 Å². The highest BCUT2D eigenvalue weighted by molar-refractivity contribution is 7.09. The molecule has 1 aliphatic heterocycles. The molecule has 0 aliphatic carbocycles. The minimum atomic E-state index is -0.00666. The Morgan fingerprint density at radius 1 is 1.46 bits per heavy atom. The van der Waals surface area contributed by atoms with Gasteiger partial charge in [0.1, 0.15) is 5.76 Å². The largest absolute Gasteiger partial charge is 0.443 e. The number of hydrogen-bond acceptors (Lipinski definition) is 6. The van der Waals surface area contributed by atoms with E-state index in [9.17, 15) is 0 Å². The standard InChI is InChI=1S/C18H27N3O2S/c1-12(17-19-8-16(23-17)18(3,4)5)21-7-6-15(9-21)22-10-14-11-24-13(2)20-14/h8,11-12,15H,6-7,9-10H2,1-5H3/t12-,15+/m1/s1. The molecule has 132 valence electrons. The summed E-state index contributed by atoms with van der Waals surface area (Å²) in [5.74, 6) is 1.74. The van der Waals surface area contributed by atoms with E-state index in [4.69, 9.17) is 9.15 Å². The maximum Gasteiger partial charge on any atom is 0.211 e. The van der Waals surface area contributed by atoms with Crippen LogP contribution in [0.3, 0.4) is 0 Å². The van der Waals surface area contributed by atoms with Gasteiger partial charge in [0, 0.05) is 23.9 Å². The van der Waals surface area contributed by atoms with Crippen LogP contribution >= 0.6 is 11.3 Å². The summed E-state index contributed by atoms with van der Waals surface area (Å²) in [6, 6.07) is 0.177. The van der Waals surface area contributed by atoms with Gasteiger partial charge in [-0.2, -0.15) is 0 Å². The summed E-state index contributed by atoms with van der Waals surface area (Å²) in [4.78, 5) is 11.3. The van der Waals surface area contributed by atoms with Gasteiger partial charge in [0.15, 0.2) is 0 Å². The van der Waals surface area contributed by atoms with Crippen molar-refractivity contribution in [1.29, 1.82) is 0 Å². The van der Waals surface area contributed by atoms with Gasteiger partial charge in [-0.15, -0.1) is 11.3 Å². The monoisotopic (exact) mass is 349 g/mol. The van der Waals surface area contributed by atoms with E-state index in [1.807, 2.05) is 13.1 Å². The number of rotatable bonds is 5. The molecule has 0 amide bonds. The maximum absolute atomic E-state index is 6.03. The van der Waals surface area contributed by atoms with Gasteiger partial charge in [0.2, 0.25) is 5.89 Å². The highest BCUT2D eigenvalue weighted by Crippen LogP contribution is 2.29. The molecule has 2 atom stereocenters. The van der Waals surface area contributed by atoms with Crippen LogP contribution in [0.4, 0.5) is 0 Å². The first kappa shape index (κ1) is 17.6. The van der Waals surface area contributed by atoms with Crippen molar-refractivity contribution in [3.63, 3.8) is 0 Å². The molecule has 0 bridgehead atoms. The van der Waals surface area contributed by atoms with Crippen LogP contribution in [-0.4, -0.2) is 34.1 Å². The molecule has 1 saturated heterocycles. The number of aryl methyl sites for hydroxylation is 1. The Labute approximate surface area is 148 Å². The Hall–Kier alpha value is -1.24. The SMILES string of the molecule is Cc1nc(CO[C@H]2CCN([C@H](C)c3ncc(C(C)(C)C)o3)C2)cs1. The molecule has 0 N–H and O–H groups in total. The summed E-state index contributed by atoms with van der Waals surface area (Å²) in [5.41, 5.74) is 1.03. The molecule has 24 heavy (non-hydrogen) atoms. The molecule has 3 heterocycles. The average Bonchev–Trinajstić information content (AvgIpc) is 3.24. The zero-order chi connectivity index (χ0) is 17.3. The van der Waals surface area contributed by atoms with Crippen molar-refractivity contribution < 1.29 is 9.15 Å². The Morgan fingerprint density at radius 2 is 2.25 bits per heavy atom. The molecule has 0 aromatic carbocycles. The second-order valence-electron chi connectivity index (χ2n) is 7.56. The molecular weight excluding hydrogens is 322 g/mol. The smallest absolute Gasteiger partial charge is 0.211 e. The van der Waals surface area contributed by atoms with Gasteiger partial charge in [0.05, 0.1) is 35.7 Å². The van der Waals surface area contributed by atoms with Crippen molar-refractivity contribution >= 4 is 11.3 Å². The number of ether oxygens (including phenoxy) is 1. The molecular formula is C18H27N3O2S. The predicted octanol–water partition coefficient (Wildman–Crippen LogP) is 4.09. The molecule has 2 aromatic rings. The molecule has 0 unspecified atom stereocenters. The van der Waals surface area contributed by atoms with Crippen LogP contribution in [0.25, 0.3) is 0 Å². The van der Waals surface area contributed by atoms with Gasteiger partial charge >= 0.3 is 0 Å². The first-order chi connectivity index (χ1) is 11.3. The van der Waals surface area contributed by atoms with E-state index in [0.29, 0.717) is 6.61 Å². The van der Waals surface area contributed by atoms with Crippen LogP contribution < -0.4 is 0 Å². The molecule has 2 aromatic heterocycles. The lowest BCUT2D eigenvalue weighted by Gasteiger charge is -2.22. The number of nitrogens with zero attached hydrogens (tertiary/aromatic N) is 3. The summed E-state index contributed by atoms with van der Waals surface area (Å²) in [6.45, 7) is 13.1. The third-order valence-corrected chi connectivity index (χ3v) is 5.30. The highest BCUT2D eigenvalue weighted by Gasteiger charge is 2.30. The van der Waals surface area contributed by atoms with Gasteiger partial charge in [-0.3, -0.25) is 4.90 Å². The van der Waals surface area contributed by atoms with Crippen LogP contribution in [-0.2, 0) is 16.8 Å². The Balaban J connectivity index is 1.54. The summed E-state index contributed by atoms with van der Waals surface area (Å²) < 4.78 is 12.0. The van der Waals surface area contributed by atoms with Crippen molar-refractivity contribution in [3.8, 4) is 0 Å². The quantitative estimate of drug-likeness (QED) is 0.814.